The second-order valence-corrected chi connectivity index (χ2v) is 3.01. The third-order valence-corrected chi connectivity index (χ3v) is 0.943. The second kappa shape index (κ2) is 18.8. The Bertz CT molecular complexity index is 492. The minimum atomic E-state index is -4.94. The summed E-state index contributed by atoms with van der Waals surface area (Å²) in [6, 6.07) is 0. The van der Waals surface area contributed by atoms with E-state index in [1.54, 1.807) is 0 Å². The number of rotatable bonds is 2. The molecule has 0 saturated carbocycles. The number of tetrazole rings is 2. The minimum absolute atomic E-state index is 0. The Hall–Kier alpha value is -2.58. The Labute approximate surface area is 154 Å². The van der Waals surface area contributed by atoms with Crippen LogP contribution in [0.4, 0.5) is 11.9 Å². The molecule has 22 nitrogen and oxygen atoms in total. The number of aromatic nitrogens is 8. The Morgan fingerprint density at radius 3 is 1.04 bits per heavy atom. The average molecular weight is 455 g/mol. The molecule has 2 rings (SSSR count). The molecule has 0 unspecified atom stereocenters. The first-order chi connectivity index (χ1) is 9.61. The van der Waals surface area contributed by atoms with Gasteiger partial charge in [-0.2, -0.15) is 9.85 Å². The van der Waals surface area contributed by atoms with Crippen molar-refractivity contribution in [3.8, 4) is 0 Å². The molecule has 154 valence electrons. The fourth-order valence-corrected chi connectivity index (χ4v) is 0.426. The van der Waals surface area contributed by atoms with Crippen molar-refractivity contribution in [2.75, 3.05) is 0 Å². The predicted molar refractivity (Wildman–Crippen MR) is 59.7 cm³/mol. The first-order valence-electron chi connectivity index (χ1n) is 3.89. The fraction of sp³-hybridized carbons (Fsp3) is 0. The van der Waals surface area contributed by atoms with E-state index in [9.17, 15) is 20.2 Å². The summed E-state index contributed by atoms with van der Waals surface area (Å²) in [6.45, 7) is 0. The van der Waals surface area contributed by atoms with E-state index in [-0.39, 0.29) is 41.4 Å². The number of halogens is 1. The van der Waals surface area contributed by atoms with Crippen molar-refractivity contribution in [3.05, 3.63) is 20.2 Å². The van der Waals surface area contributed by atoms with Crippen LogP contribution >= 0.6 is 0 Å². The van der Waals surface area contributed by atoms with Gasteiger partial charge in [-0.1, -0.05) is 20.4 Å². The first-order valence-corrected chi connectivity index (χ1v) is 5.12. The maximum absolute atomic E-state index is 9.66. The SMILES string of the molecule is N.N.N.N.O=[N+]([O-])c1nnn[n-]1.O=[N+]([O-])c1nnn[n-]1.[Co+3].[O-][Cl+3]([O-])([O-])[O-]. The molecule has 0 bridgehead atoms. The van der Waals surface area contributed by atoms with E-state index in [1.807, 2.05) is 0 Å². The van der Waals surface area contributed by atoms with Gasteiger partial charge in [0.15, 0.2) is 0 Å². The zero-order valence-electron chi connectivity index (χ0n) is 12.3. The summed E-state index contributed by atoms with van der Waals surface area (Å²) in [5.74, 6) is -1.13. The molecular weight excluding hydrogens is 442 g/mol. The van der Waals surface area contributed by atoms with Gasteiger partial charge in [0.2, 0.25) is 0 Å². The first kappa shape index (κ1) is 38.8. The van der Waals surface area contributed by atoms with Crippen molar-refractivity contribution in [2.45, 2.75) is 0 Å². The quantitative estimate of drug-likeness (QED) is 0.241. The van der Waals surface area contributed by atoms with Crippen LogP contribution in [0.2, 0.25) is 0 Å². The van der Waals surface area contributed by atoms with Crippen molar-refractivity contribution in [3.63, 3.8) is 0 Å². The number of nitrogens with zero attached hydrogens (tertiary/aromatic N) is 10. The van der Waals surface area contributed by atoms with Crippen LogP contribution in [-0.2, 0) is 16.8 Å². The number of hydrogen-bond acceptors (Lipinski definition) is 18. The van der Waals surface area contributed by atoms with E-state index < -0.39 is 32.0 Å². The third-order valence-electron chi connectivity index (χ3n) is 0.943. The standard InChI is InChI=1S/2CN5O2.ClHO4.Co.4H3N/c2*7-6(8)1-2-4-5-3-1;2-1(3,4)5;;;;;/h;;(H,2,3,4,5);;4*1H3/q2*-1;;+3;;;;/p-1. The van der Waals surface area contributed by atoms with Crippen LogP contribution in [0.5, 0.6) is 0 Å². The van der Waals surface area contributed by atoms with Crippen LogP contribution < -0.4 is 53.4 Å². The molecule has 2 aromatic heterocycles. The van der Waals surface area contributed by atoms with Gasteiger partial charge in [0.05, 0.1) is 0 Å². The third kappa shape index (κ3) is 23.7. The number of nitro groups is 2. The van der Waals surface area contributed by atoms with E-state index >= 15 is 0 Å². The van der Waals surface area contributed by atoms with Crippen LogP contribution in [0.25, 0.3) is 0 Å². The smallest absolute Gasteiger partial charge is 0.458 e. The molecule has 26 heavy (non-hydrogen) atoms. The molecule has 0 saturated heterocycles. The van der Waals surface area contributed by atoms with Crippen LogP contribution in [0, 0.1) is 30.5 Å². The van der Waals surface area contributed by atoms with Crippen LogP contribution in [0.15, 0.2) is 0 Å². The van der Waals surface area contributed by atoms with Gasteiger partial charge >= 0.3 is 16.8 Å². The van der Waals surface area contributed by atoms with Gasteiger partial charge in [0, 0.05) is 0 Å². The molecule has 0 aliphatic rings. The monoisotopic (exact) mass is 454 g/mol. The van der Waals surface area contributed by atoms with Gasteiger partial charge in [-0.15, -0.1) is 10.2 Å². The maximum Gasteiger partial charge on any atom is 3.00 e. The van der Waals surface area contributed by atoms with E-state index in [2.05, 4.69) is 41.2 Å². The summed E-state index contributed by atoms with van der Waals surface area (Å²) in [5, 5.41) is 42.7. The zero-order chi connectivity index (χ0) is 16.5. The molecule has 0 atom stereocenters. The summed E-state index contributed by atoms with van der Waals surface area (Å²) >= 11 is 0. The van der Waals surface area contributed by atoms with Crippen molar-refractivity contribution >= 4 is 11.9 Å². The van der Waals surface area contributed by atoms with Crippen molar-refractivity contribution < 1.29 is 55.5 Å². The van der Waals surface area contributed by atoms with Gasteiger partial charge in [-0.05, 0) is 20.9 Å². The van der Waals surface area contributed by atoms with Gasteiger partial charge in [0.1, 0.15) is 0 Å². The van der Waals surface area contributed by atoms with Crippen LogP contribution in [-0.4, -0.2) is 40.9 Å². The summed E-state index contributed by atoms with van der Waals surface area (Å²) in [7, 11) is -4.94. The molecule has 24 heteroatoms. The summed E-state index contributed by atoms with van der Waals surface area (Å²) in [6.07, 6.45) is 0. The molecule has 0 spiro atoms. The van der Waals surface area contributed by atoms with E-state index in [0.717, 1.165) is 0 Å². The van der Waals surface area contributed by atoms with Crippen LogP contribution in [0.1, 0.15) is 0 Å². The molecule has 0 aromatic carbocycles. The normalized spacial score (nSPS) is 7.85. The molecule has 0 aliphatic carbocycles. The van der Waals surface area contributed by atoms with Gasteiger partial charge in [-0.25, -0.2) is 18.6 Å². The molecule has 0 radical (unpaired) electrons. The molecule has 2 heterocycles. The summed E-state index contributed by atoms with van der Waals surface area (Å²) in [5.41, 5.74) is 0. The topological polar surface area (TPSA) is 424 Å². The number of hydrogen-bond donors (Lipinski definition) is 4. The minimum Gasteiger partial charge on any atom is -0.458 e. The van der Waals surface area contributed by atoms with Crippen molar-refractivity contribution in [2.24, 2.45) is 0 Å². The van der Waals surface area contributed by atoms with Crippen molar-refractivity contribution in [1.29, 1.82) is 0 Å². The van der Waals surface area contributed by atoms with E-state index in [1.165, 1.54) is 0 Å². The molecule has 0 fully saturated rings. The van der Waals surface area contributed by atoms with Gasteiger partial charge < -0.3 is 44.8 Å². The van der Waals surface area contributed by atoms with Crippen LogP contribution in [0.3, 0.4) is 0 Å². The summed E-state index contributed by atoms with van der Waals surface area (Å²) in [4.78, 5) is 17.8. The molecule has 2 aromatic rings. The second-order valence-electron chi connectivity index (χ2n) is 2.25. The predicted octanol–water partition coefficient (Wildman–Crippen LogP) is -6.64. The maximum atomic E-state index is 9.66. The molecule has 0 amide bonds. The Morgan fingerprint density at radius 1 is 0.731 bits per heavy atom. The fourth-order valence-electron chi connectivity index (χ4n) is 0.426. The van der Waals surface area contributed by atoms with E-state index in [4.69, 9.17) is 18.6 Å². The Kier molecular flexibility index (Phi) is 28.0. The summed E-state index contributed by atoms with van der Waals surface area (Å²) < 4.78 is 34.0. The average Bonchev–Trinajstić information content (AvgIpc) is 3.02. The van der Waals surface area contributed by atoms with Gasteiger partial charge in [0.25, 0.3) is 11.9 Å². The molecule has 12 N–H and O–H groups in total. The van der Waals surface area contributed by atoms with E-state index in [0.29, 0.717) is 0 Å². The zero-order valence-corrected chi connectivity index (χ0v) is 14.1. The Morgan fingerprint density at radius 2 is 0.962 bits per heavy atom. The molecular formula is C2H12ClCoN14O8. The Balaban J connectivity index is -0.0000000540. The largest absolute Gasteiger partial charge is 3.00 e. The van der Waals surface area contributed by atoms with Crippen molar-refractivity contribution in [1.82, 2.24) is 65.9 Å². The molecule has 0 aliphatic heterocycles. The van der Waals surface area contributed by atoms with Gasteiger partial charge in [-0.3, -0.25) is 0 Å².